The minimum absolute atomic E-state index is 0.240. The van der Waals surface area contributed by atoms with Gasteiger partial charge in [-0.15, -0.1) is 0 Å². The molecule has 0 amide bonds. The highest BCUT2D eigenvalue weighted by molar-refractivity contribution is 5.36. The average Bonchev–Trinajstić information content (AvgIpc) is 2.67. The first kappa shape index (κ1) is 19.3. The highest BCUT2D eigenvalue weighted by Gasteiger charge is 2.31. The maximum atomic E-state index is 13.9. The SMILES string of the molecule is CCCC[C@H]1CC[C@H](C2CCC(c3cc(F)c(C#N)c(F)c3)CC2)CC1. The fourth-order valence-corrected chi connectivity index (χ4v) is 5.30. The number of nitrogens with zero attached hydrogens (tertiary/aromatic N) is 1. The second-order valence-corrected chi connectivity index (χ2v) is 8.51. The fraction of sp³-hybridized carbons (Fsp3) is 0.696. The molecule has 1 nitrogen and oxygen atoms in total. The van der Waals surface area contributed by atoms with Crippen LogP contribution in [0.3, 0.4) is 0 Å². The van der Waals surface area contributed by atoms with E-state index in [-0.39, 0.29) is 5.92 Å². The summed E-state index contributed by atoms with van der Waals surface area (Å²) in [6.45, 7) is 2.27. The van der Waals surface area contributed by atoms with Crippen LogP contribution in [0.2, 0.25) is 0 Å². The Kier molecular flexibility index (Phi) is 6.68. The van der Waals surface area contributed by atoms with Crippen LogP contribution in [0.25, 0.3) is 0 Å². The van der Waals surface area contributed by atoms with Gasteiger partial charge in [-0.05, 0) is 79.9 Å². The molecule has 26 heavy (non-hydrogen) atoms. The molecule has 142 valence electrons. The Bertz CT molecular complexity index is 609. The molecule has 1 aromatic carbocycles. The molecular formula is C23H31F2N. The molecule has 0 radical (unpaired) electrons. The lowest BCUT2D eigenvalue weighted by atomic mass is 9.68. The number of halogens is 2. The molecule has 1 aromatic rings. The molecule has 0 aromatic heterocycles. The van der Waals surface area contributed by atoms with Crippen LogP contribution >= 0.6 is 0 Å². The van der Waals surface area contributed by atoms with E-state index in [0.29, 0.717) is 0 Å². The summed E-state index contributed by atoms with van der Waals surface area (Å²) < 4.78 is 27.8. The Morgan fingerprint density at radius 2 is 1.46 bits per heavy atom. The first-order valence-corrected chi connectivity index (χ1v) is 10.5. The highest BCUT2D eigenvalue weighted by atomic mass is 19.1. The molecule has 0 bridgehead atoms. The van der Waals surface area contributed by atoms with Gasteiger partial charge in [0.25, 0.3) is 0 Å². The van der Waals surface area contributed by atoms with Gasteiger partial charge in [-0.25, -0.2) is 8.78 Å². The lowest BCUT2D eigenvalue weighted by Crippen LogP contribution is -2.25. The second-order valence-electron chi connectivity index (χ2n) is 8.51. The predicted molar refractivity (Wildman–Crippen MR) is 101 cm³/mol. The summed E-state index contributed by atoms with van der Waals surface area (Å²) >= 11 is 0. The zero-order valence-corrected chi connectivity index (χ0v) is 15.9. The van der Waals surface area contributed by atoms with Gasteiger partial charge in [-0.3, -0.25) is 0 Å². The van der Waals surface area contributed by atoms with Crippen LogP contribution in [0.1, 0.15) is 94.6 Å². The third kappa shape index (κ3) is 4.45. The number of benzene rings is 1. The number of hydrogen-bond donors (Lipinski definition) is 0. The number of hydrogen-bond acceptors (Lipinski definition) is 1. The largest absolute Gasteiger partial charge is 0.205 e. The third-order valence-electron chi connectivity index (χ3n) is 6.94. The molecule has 0 saturated heterocycles. The van der Waals surface area contributed by atoms with Gasteiger partial charge in [0.2, 0.25) is 0 Å². The van der Waals surface area contributed by atoms with E-state index < -0.39 is 17.2 Å². The summed E-state index contributed by atoms with van der Waals surface area (Å²) in [7, 11) is 0. The maximum Gasteiger partial charge on any atom is 0.144 e. The number of nitriles is 1. The van der Waals surface area contributed by atoms with E-state index in [1.54, 1.807) is 6.07 Å². The highest BCUT2D eigenvalue weighted by Crippen LogP contribution is 2.44. The Morgan fingerprint density at radius 3 is 1.96 bits per heavy atom. The van der Waals surface area contributed by atoms with Crippen molar-refractivity contribution in [3.63, 3.8) is 0 Å². The van der Waals surface area contributed by atoms with E-state index in [4.69, 9.17) is 5.26 Å². The minimum atomic E-state index is -0.713. The molecule has 2 aliphatic carbocycles. The zero-order chi connectivity index (χ0) is 18.5. The summed E-state index contributed by atoms with van der Waals surface area (Å²) in [5.41, 5.74) is 0.281. The predicted octanol–water partition coefficient (Wildman–Crippen LogP) is 7.11. The van der Waals surface area contributed by atoms with Gasteiger partial charge in [0.1, 0.15) is 23.3 Å². The lowest BCUT2D eigenvalue weighted by Gasteiger charge is -2.38. The van der Waals surface area contributed by atoms with Crippen molar-refractivity contribution in [3.8, 4) is 6.07 Å². The van der Waals surface area contributed by atoms with Crippen molar-refractivity contribution < 1.29 is 8.78 Å². The smallest absolute Gasteiger partial charge is 0.144 e. The third-order valence-corrected chi connectivity index (χ3v) is 6.94. The Morgan fingerprint density at radius 1 is 0.923 bits per heavy atom. The quantitative estimate of drug-likeness (QED) is 0.549. The first-order chi connectivity index (χ1) is 12.6. The van der Waals surface area contributed by atoms with Gasteiger partial charge in [0.15, 0.2) is 0 Å². The Balaban J connectivity index is 1.52. The van der Waals surface area contributed by atoms with Crippen molar-refractivity contribution >= 4 is 0 Å². The van der Waals surface area contributed by atoms with E-state index in [9.17, 15) is 8.78 Å². The topological polar surface area (TPSA) is 23.8 Å². The van der Waals surface area contributed by atoms with E-state index >= 15 is 0 Å². The van der Waals surface area contributed by atoms with Crippen molar-refractivity contribution in [3.05, 3.63) is 34.9 Å². The number of unbranched alkanes of at least 4 members (excludes halogenated alkanes) is 1. The van der Waals surface area contributed by atoms with E-state index in [1.807, 2.05) is 0 Å². The van der Waals surface area contributed by atoms with Crippen molar-refractivity contribution in [2.75, 3.05) is 0 Å². The van der Waals surface area contributed by atoms with Gasteiger partial charge < -0.3 is 0 Å². The number of rotatable bonds is 5. The summed E-state index contributed by atoms with van der Waals surface area (Å²) in [5, 5.41) is 8.82. The maximum absolute atomic E-state index is 13.9. The summed E-state index contributed by atoms with van der Waals surface area (Å²) in [6.07, 6.45) is 14.0. The van der Waals surface area contributed by atoms with Gasteiger partial charge >= 0.3 is 0 Å². The minimum Gasteiger partial charge on any atom is -0.205 e. The molecule has 0 atom stereocenters. The van der Waals surface area contributed by atoms with Gasteiger partial charge in [0, 0.05) is 0 Å². The molecule has 0 aliphatic heterocycles. The standard InChI is InChI=1S/C23H31F2N/c1-2-3-4-16-5-7-17(8-6-16)18-9-11-19(12-10-18)20-13-22(24)21(15-26)23(25)14-20/h13-14,16-19H,2-12H2,1H3/t16-,17-,18?,19?. The molecule has 0 unspecified atom stereocenters. The van der Waals surface area contributed by atoms with Crippen molar-refractivity contribution in [2.45, 2.75) is 83.5 Å². The van der Waals surface area contributed by atoms with Crippen molar-refractivity contribution in [1.82, 2.24) is 0 Å². The van der Waals surface area contributed by atoms with Gasteiger partial charge in [-0.2, -0.15) is 5.26 Å². The molecule has 0 spiro atoms. The summed E-state index contributed by atoms with van der Waals surface area (Å²) in [5.74, 6) is 1.43. The van der Waals surface area contributed by atoms with Gasteiger partial charge in [0.05, 0.1) is 0 Å². The van der Waals surface area contributed by atoms with Crippen LogP contribution in [-0.4, -0.2) is 0 Å². The Hall–Kier alpha value is -1.43. The lowest BCUT2D eigenvalue weighted by molar-refractivity contribution is 0.156. The summed E-state index contributed by atoms with van der Waals surface area (Å²) in [4.78, 5) is 0. The monoisotopic (exact) mass is 359 g/mol. The second kappa shape index (κ2) is 8.98. The van der Waals surface area contributed by atoms with Crippen LogP contribution < -0.4 is 0 Å². The molecule has 0 N–H and O–H groups in total. The van der Waals surface area contributed by atoms with Crippen LogP contribution in [0, 0.1) is 40.7 Å². The molecular weight excluding hydrogens is 328 g/mol. The van der Waals surface area contributed by atoms with Crippen molar-refractivity contribution in [1.29, 1.82) is 5.26 Å². The van der Waals surface area contributed by atoms with Crippen LogP contribution in [0.4, 0.5) is 8.78 Å². The van der Waals surface area contributed by atoms with Crippen LogP contribution in [-0.2, 0) is 0 Å². The van der Waals surface area contributed by atoms with E-state index in [0.717, 1.165) is 36.2 Å². The molecule has 3 rings (SSSR count). The first-order valence-electron chi connectivity index (χ1n) is 10.5. The average molecular weight is 360 g/mol. The molecule has 2 fully saturated rings. The summed E-state index contributed by atoms with van der Waals surface area (Å²) in [6, 6.07) is 4.37. The van der Waals surface area contributed by atoms with Gasteiger partial charge in [-0.1, -0.05) is 39.0 Å². The molecule has 2 saturated carbocycles. The Labute approximate surface area is 156 Å². The van der Waals surface area contributed by atoms with Crippen molar-refractivity contribution in [2.24, 2.45) is 17.8 Å². The normalized spacial score (nSPS) is 29.3. The molecule has 3 heteroatoms. The molecule has 0 heterocycles. The van der Waals surface area contributed by atoms with E-state index in [2.05, 4.69) is 6.92 Å². The fourth-order valence-electron chi connectivity index (χ4n) is 5.30. The zero-order valence-electron chi connectivity index (χ0n) is 15.9. The molecule has 2 aliphatic rings. The van der Waals surface area contributed by atoms with E-state index in [1.165, 1.54) is 69.9 Å². The van der Waals surface area contributed by atoms with Crippen LogP contribution in [0.5, 0.6) is 0 Å². The van der Waals surface area contributed by atoms with Crippen LogP contribution in [0.15, 0.2) is 12.1 Å².